The van der Waals surface area contributed by atoms with E-state index in [1.165, 1.54) is 11.3 Å². The van der Waals surface area contributed by atoms with Crippen LogP contribution in [0.3, 0.4) is 0 Å². The van der Waals surface area contributed by atoms with Gasteiger partial charge in [-0.25, -0.2) is 9.78 Å². The Labute approximate surface area is 198 Å². The summed E-state index contributed by atoms with van der Waals surface area (Å²) >= 11 is 1.31. The predicted octanol–water partition coefficient (Wildman–Crippen LogP) is 5.25. The van der Waals surface area contributed by atoms with E-state index in [1.807, 2.05) is 66.0 Å². The van der Waals surface area contributed by atoms with Crippen LogP contribution in [0.25, 0.3) is 11.3 Å². The highest BCUT2D eigenvalue weighted by Gasteiger charge is 2.30. The molecule has 1 heterocycles. The number of hydrogen-bond donors (Lipinski definition) is 2. The van der Waals surface area contributed by atoms with Gasteiger partial charge in [-0.2, -0.15) is 0 Å². The number of nitrogens with zero attached hydrogens (tertiary/aromatic N) is 1. The summed E-state index contributed by atoms with van der Waals surface area (Å²) < 4.78 is 11.3. The van der Waals surface area contributed by atoms with Gasteiger partial charge in [0.1, 0.15) is 11.6 Å². The number of anilines is 1. The van der Waals surface area contributed by atoms with Crippen molar-refractivity contribution in [1.29, 1.82) is 0 Å². The Bertz CT molecular complexity index is 1050. The number of benzene rings is 2. The molecule has 174 valence electrons. The minimum Gasteiger partial charge on any atom is -0.444 e. The highest BCUT2D eigenvalue weighted by Crippen LogP contribution is 2.25. The van der Waals surface area contributed by atoms with E-state index in [-0.39, 0.29) is 0 Å². The van der Waals surface area contributed by atoms with Crippen LogP contribution < -0.4 is 10.6 Å². The van der Waals surface area contributed by atoms with E-state index < -0.39 is 29.7 Å². The third-order valence-electron chi connectivity index (χ3n) is 4.58. The second-order valence-corrected chi connectivity index (χ2v) is 9.38. The van der Waals surface area contributed by atoms with Crippen molar-refractivity contribution in [2.24, 2.45) is 0 Å². The molecule has 0 saturated heterocycles. The number of amides is 2. The number of alkyl carbamates (subject to hydrolysis) is 1. The fraction of sp³-hybridized carbons (Fsp3) is 0.320. The highest BCUT2D eigenvalue weighted by atomic mass is 32.1. The molecule has 2 N–H and O–H groups in total. The number of nitrogens with one attached hydrogen (secondary N) is 2. The summed E-state index contributed by atoms with van der Waals surface area (Å²) in [5.74, 6) is -0.435. The van der Waals surface area contributed by atoms with Crippen LogP contribution in [0.4, 0.5) is 9.93 Å². The minimum absolute atomic E-state index is 0.303. The fourth-order valence-electron chi connectivity index (χ4n) is 2.98. The quantitative estimate of drug-likeness (QED) is 0.472. The summed E-state index contributed by atoms with van der Waals surface area (Å²) in [4.78, 5) is 30.0. The first-order valence-corrected chi connectivity index (χ1v) is 11.6. The maximum Gasteiger partial charge on any atom is 0.408 e. The Morgan fingerprint density at radius 2 is 1.67 bits per heavy atom. The zero-order chi connectivity index (χ0) is 23.8. The van der Waals surface area contributed by atoms with Crippen LogP contribution in [-0.4, -0.2) is 34.7 Å². The normalized spacial score (nSPS) is 13.1. The van der Waals surface area contributed by atoms with Gasteiger partial charge in [-0.05, 0) is 33.3 Å². The molecule has 3 rings (SSSR count). The maximum absolute atomic E-state index is 13.1. The monoisotopic (exact) mass is 467 g/mol. The van der Waals surface area contributed by atoms with Gasteiger partial charge in [-0.15, -0.1) is 11.3 Å². The van der Waals surface area contributed by atoms with E-state index in [1.54, 1.807) is 27.7 Å². The zero-order valence-corrected chi connectivity index (χ0v) is 20.0. The molecule has 0 aliphatic rings. The van der Waals surface area contributed by atoms with E-state index >= 15 is 0 Å². The van der Waals surface area contributed by atoms with Crippen LogP contribution >= 0.6 is 11.3 Å². The summed E-state index contributed by atoms with van der Waals surface area (Å²) in [7, 11) is 0. The summed E-state index contributed by atoms with van der Waals surface area (Å²) in [6, 6.07) is 18.3. The largest absolute Gasteiger partial charge is 0.444 e. The molecule has 2 aromatic carbocycles. The molecule has 33 heavy (non-hydrogen) atoms. The van der Waals surface area contributed by atoms with Gasteiger partial charge in [0.2, 0.25) is 0 Å². The second kappa shape index (κ2) is 11.1. The number of aromatic nitrogens is 1. The van der Waals surface area contributed by atoms with Gasteiger partial charge < -0.3 is 20.1 Å². The van der Waals surface area contributed by atoms with Gasteiger partial charge in [0.05, 0.1) is 18.4 Å². The SMILES string of the molecule is CC(OCc1ccccc1)C(NC(=O)OC(C)(C)C)C(=O)Nc1nc(-c2ccccc2)cs1. The van der Waals surface area contributed by atoms with E-state index in [0.717, 1.165) is 16.8 Å². The molecule has 8 heteroatoms. The molecule has 0 bridgehead atoms. The second-order valence-electron chi connectivity index (χ2n) is 8.52. The van der Waals surface area contributed by atoms with Crippen molar-refractivity contribution >= 4 is 28.5 Å². The first-order chi connectivity index (χ1) is 15.7. The molecule has 7 nitrogen and oxygen atoms in total. The topological polar surface area (TPSA) is 89.5 Å². The molecule has 1 aromatic heterocycles. The summed E-state index contributed by atoms with van der Waals surface area (Å²) in [5, 5.41) is 7.75. The standard InChI is InChI=1S/C25H29N3O4S/c1-17(31-15-18-11-7-5-8-12-18)21(27-24(30)32-25(2,3)4)22(29)28-23-26-20(16-33-23)19-13-9-6-10-14-19/h5-14,16-17,21H,15H2,1-4H3,(H,27,30)(H,26,28,29). The highest BCUT2D eigenvalue weighted by molar-refractivity contribution is 7.14. The lowest BCUT2D eigenvalue weighted by Crippen LogP contribution is -2.52. The minimum atomic E-state index is -0.979. The summed E-state index contributed by atoms with van der Waals surface area (Å²) in [6.45, 7) is 7.33. The first-order valence-electron chi connectivity index (χ1n) is 10.7. The van der Waals surface area contributed by atoms with Gasteiger partial charge in [0.25, 0.3) is 5.91 Å². The molecule has 2 unspecified atom stereocenters. The van der Waals surface area contributed by atoms with Gasteiger partial charge in [0, 0.05) is 10.9 Å². The molecule has 0 aliphatic heterocycles. The van der Waals surface area contributed by atoms with Crippen molar-refractivity contribution in [2.45, 2.75) is 52.0 Å². The maximum atomic E-state index is 13.1. The Balaban J connectivity index is 1.70. The summed E-state index contributed by atoms with van der Waals surface area (Å²) in [5.41, 5.74) is 1.99. The van der Waals surface area contributed by atoms with Gasteiger partial charge in [0.15, 0.2) is 5.13 Å². The molecule has 0 fully saturated rings. The number of hydrogen-bond acceptors (Lipinski definition) is 6. The molecular formula is C25H29N3O4S. The molecule has 2 amide bonds. The number of rotatable bonds is 8. The first kappa shape index (κ1) is 24.4. The van der Waals surface area contributed by atoms with Crippen LogP contribution in [0.5, 0.6) is 0 Å². The van der Waals surface area contributed by atoms with Gasteiger partial charge in [-0.1, -0.05) is 60.7 Å². The fourth-order valence-corrected chi connectivity index (χ4v) is 3.71. The number of ether oxygens (including phenoxy) is 2. The third kappa shape index (κ3) is 7.69. The van der Waals surface area contributed by atoms with Crippen molar-refractivity contribution in [3.63, 3.8) is 0 Å². The molecule has 0 spiro atoms. The van der Waals surface area contributed by atoms with E-state index in [4.69, 9.17) is 9.47 Å². The van der Waals surface area contributed by atoms with Crippen molar-refractivity contribution in [1.82, 2.24) is 10.3 Å². The predicted molar refractivity (Wildman–Crippen MR) is 130 cm³/mol. The molecular weight excluding hydrogens is 438 g/mol. The van der Waals surface area contributed by atoms with Crippen molar-refractivity contribution in [2.75, 3.05) is 5.32 Å². The lowest BCUT2D eigenvalue weighted by atomic mass is 10.1. The van der Waals surface area contributed by atoms with Crippen LogP contribution in [-0.2, 0) is 20.9 Å². The molecule has 0 radical (unpaired) electrons. The Kier molecular flexibility index (Phi) is 8.19. The van der Waals surface area contributed by atoms with Crippen LogP contribution in [0.1, 0.15) is 33.3 Å². The average Bonchev–Trinajstić information content (AvgIpc) is 3.24. The lowest BCUT2D eigenvalue weighted by molar-refractivity contribution is -0.122. The molecule has 0 aliphatic carbocycles. The lowest BCUT2D eigenvalue weighted by Gasteiger charge is -2.26. The Morgan fingerprint density at radius 1 is 1.03 bits per heavy atom. The van der Waals surface area contributed by atoms with Crippen molar-refractivity contribution in [3.8, 4) is 11.3 Å². The Morgan fingerprint density at radius 3 is 2.30 bits per heavy atom. The Hall–Kier alpha value is -3.23. The van der Waals surface area contributed by atoms with E-state index in [9.17, 15) is 9.59 Å². The van der Waals surface area contributed by atoms with Crippen molar-refractivity contribution < 1.29 is 19.1 Å². The zero-order valence-electron chi connectivity index (χ0n) is 19.2. The van der Waals surface area contributed by atoms with Crippen molar-refractivity contribution in [3.05, 3.63) is 71.6 Å². The van der Waals surface area contributed by atoms with E-state index in [0.29, 0.717) is 11.7 Å². The van der Waals surface area contributed by atoms with Crippen LogP contribution in [0.2, 0.25) is 0 Å². The average molecular weight is 468 g/mol. The number of carbonyl (C=O) groups excluding carboxylic acids is 2. The summed E-state index contributed by atoms with van der Waals surface area (Å²) in [6.07, 6.45) is -1.31. The number of thiazole rings is 1. The third-order valence-corrected chi connectivity index (χ3v) is 5.34. The molecule has 3 aromatic rings. The molecule has 0 saturated carbocycles. The van der Waals surface area contributed by atoms with E-state index in [2.05, 4.69) is 15.6 Å². The van der Waals surface area contributed by atoms with Gasteiger partial charge >= 0.3 is 6.09 Å². The molecule has 2 atom stereocenters. The number of carbonyl (C=O) groups is 2. The smallest absolute Gasteiger partial charge is 0.408 e. The van der Waals surface area contributed by atoms with Crippen LogP contribution in [0.15, 0.2) is 66.0 Å². The van der Waals surface area contributed by atoms with Crippen LogP contribution in [0, 0.1) is 0 Å². The van der Waals surface area contributed by atoms with Gasteiger partial charge in [-0.3, -0.25) is 4.79 Å².